The largest absolute Gasteiger partial charge is 0.489 e. The molecule has 1 atom stereocenters. The molecule has 4 nitrogen and oxygen atoms in total. The molecular weight excluding hydrogens is 381 g/mol. The van der Waals surface area contributed by atoms with Gasteiger partial charge in [0.1, 0.15) is 6.61 Å². The van der Waals surface area contributed by atoms with Gasteiger partial charge >= 0.3 is 6.18 Å². The van der Waals surface area contributed by atoms with E-state index in [9.17, 15) is 13.2 Å². The number of fused-ring (bicyclic) bond motifs is 3. The number of halogens is 3. The first-order valence-corrected chi connectivity index (χ1v) is 9.46. The van der Waals surface area contributed by atoms with Crippen LogP contribution >= 0.6 is 0 Å². The van der Waals surface area contributed by atoms with Crippen LogP contribution in [0.4, 0.5) is 18.9 Å². The standard InChI is InChI=1S/C22H21F3N2O2/c1-13(2)29-19-11-16(22(23,24)25)20-17(27-19)8-9-18-21(20)28-12-15(26-18)10-14-6-4-3-5-7-14/h3-9,11,13,15,26H,10,12H2,1-2H3. The highest BCUT2D eigenvalue weighted by Gasteiger charge is 2.36. The SMILES string of the molecule is CC(C)Oc1cc(C(F)(F)F)c2c3c(ccc2n1)NC(Cc1ccccc1)CO3. The van der Waals surface area contributed by atoms with Gasteiger partial charge in [-0.1, -0.05) is 30.3 Å². The Kier molecular flexibility index (Phi) is 4.98. The number of rotatable bonds is 4. The second kappa shape index (κ2) is 7.46. The molecule has 3 aromatic rings. The van der Waals surface area contributed by atoms with Crippen molar-refractivity contribution < 1.29 is 22.6 Å². The van der Waals surface area contributed by atoms with Crippen LogP contribution in [0, 0.1) is 0 Å². The van der Waals surface area contributed by atoms with Crippen LogP contribution in [-0.2, 0) is 12.6 Å². The van der Waals surface area contributed by atoms with Gasteiger partial charge in [-0.15, -0.1) is 0 Å². The second-order valence-electron chi connectivity index (χ2n) is 7.35. The van der Waals surface area contributed by atoms with E-state index in [2.05, 4.69) is 10.3 Å². The van der Waals surface area contributed by atoms with Crippen LogP contribution in [0.1, 0.15) is 25.0 Å². The van der Waals surface area contributed by atoms with Crippen LogP contribution in [0.3, 0.4) is 0 Å². The van der Waals surface area contributed by atoms with Crippen LogP contribution in [-0.4, -0.2) is 23.7 Å². The molecule has 29 heavy (non-hydrogen) atoms. The molecule has 0 spiro atoms. The molecule has 0 saturated heterocycles. The normalized spacial score (nSPS) is 16.3. The lowest BCUT2D eigenvalue weighted by molar-refractivity contribution is -0.136. The Morgan fingerprint density at radius 3 is 2.62 bits per heavy atom. The van der Waals surface area contributed by atoms with Crippen molar-refractivity contribution in [2.75, 3.05) is 11.9 Å². The maximum absolute atomic E-state index is 13.8. The maximum atomic E-state index is 13.8. The van der Waals surface area contributed by atoms with Gasteiger partial charge in [0, 0.05) is 6.07 Å². The van der Waals surface area contributed by atoms with Crippen LogP contribution in [0.15, 0.2) is 48.5 Å². The minimum atomic E-state index is -4.56. The zero-order chi connectivity index (χ0) is 20.6. The number of alkyl halides is 3. The fourth-order valence-electron chi connectivity index (χ4n) is 3.52. The van der Waals surface area contributed by atoms with Gasteiger partial charge in [0.15, 0.2) is 5.75 Å². The highest BCUT2D eigenvalue weighted by atomic mass is 19.4. The monoisotopic (exact) mass is 402 g/mol. The van der Waals surface area contributed by atoms with E-state index in [1.165, 1.54) is 0 Å². The molecule has 0 fully saturated rings. The van der Waals surface area contributed by atoms with E-state index in [1.54, 1.807) is 26.0 Å². The Morgan fingerprint density at radius 2 is 1.93 bits per heavy atom. The Bertz CT molecular complexity index is 1020. The summed E-state index contributed by atoms with van der Waals surface area (Å²) in [5.74, 6) is 0.133. The molecule has 1 N–H and O–H groups in total. The van der Waals surface area contributed by atoms with Gasteiger partial charge in [-0.25, -0.2) is 4.98 Å². The Morgan fingerprint density at radius 1 is 1.17 bits per heavy atom. The molecular formula is C22H21F3N2O2. The third kappa shape index (κ3) is 4.09. The molecule has 2 aromatic carbocycles. The van der Waals surface area contributed by atoms with Gasteiger partial charge in [0.05, 0.1) is 34.3 Å². The predicted molar refractivity (Wildman–Crippen MR) is 106 cm³/mol. The maximum Gasteiger partial charge on any atom is 0.417 e. The van der Waals surface area contributed by atoms with Crippen LogP contribution < -0.4 is 14.8 Å². The van der Waals surface area contributed by atoms with Crippen molar-refractivity contribution in [3.05, 3.63) is 59.7 Å². The first-order chi connectivity index (χ1) is 13.8. The highest BCUT2D eigenvalue weighted by Crippen LogP contribution is 2.44. The Balaban J connectivity index is 1.73. The van der Waals surface area contributed by atoms with Gasteiger partial charge in [0.2, 0.25) is 5.88 Å². The zero-order valence-corrected chi connectivity index (χ0v) is 16.1. The topological polar surface area (TPSA) is 43.4 Å². The van der Waals surface area contributed by atoms with E-state index >= 15 is 0 Å². The zero-order valence-electron chi connectivity index (χ0n) is 16.1. The summed E-state index contributed by atoms with van der Waals surface area (Å²) in [6, 6.07) is 14.1. The van der Waals surface area contributed by atoms with Crippen molar-refractivity contribution in [1.82, 2.24) is 4.98 Å². The highest BCUT2D eigenvalue weighted by molar-refractivity contribution is 5.95. The van der Waals surface area contributed by atoms with Gasteiger partial charge in [-0.3, -0.25) is 0 Å². The van der Waals surface area contributed by atoms with Crippen LogP contribution in [0.5, 0.6) is 11.6 Å². The van der Waals surface area contributed by atoms with Gasteiger partial charge < -0.3 is 14.8 Å². The molecule has 4 rings (SSSR count). The molecule has 1 unspecified atom stereocenters. The van der Waals surface area contributed by atoms with Crippen LogP contribution in [0.2, 0.25) is 0 Å². The molecule has 1 aliphatic heterocycles. The summed E-state index contributed by atoms with van der Waals surface area (Å²) in [4.78, 5) is 4.25. The summed E-state index contributed by atoms with van der Waals surface area (Å²) in [5, 5.41) is 3.27. The minimum absolute atomic E-state index is 0.0341. The lowest BCUT2D eigenvalue weighted by Crippen LogP contribution is -2.33. The summed E-state index contributed by atoms with van der Waals surface area (Å²) in [7, 11) is 0. The molecule has 152 valence electrons. The number of nitrogens with zero attached hydrogens (tertiary/aromatic N) is 1. The van der Waals surface area contributed by atoms with E-state index in [-0.39, 0.29) is 41.3 Å². The van der Waals surface area contributed by atoms with Gasteiger partial charge in [-0.2, -0.15) is 13.2 Å². The molecule has 1 aromatic heterocycles. The molecule has 1 aliphatic rings. The molecule has 0 saturated carbocycles. The lowest BCUT2D eigenvalue weighted by atomic mass is 10.0. The van der Waals surface area contributed by atoms with Crippen LogP contribution in [0.25, 0.3) is 10.9 Å². The third-order valence-electron chi connectivity index (χ3n) is 4.68. The van der Waals surface area contributed by atoms with Gasteiger partial charge in [0.25, 0.3) is 0 Å². The van der Waals surface area contributed by atoms with Crippen molar-refractivity contribution in [1.29, 1.82) is 0 Å². The second-order valence-corrected chi connectivity index (χ2v) is 7.35. The molecule has 2 heterocycles. The quantitative estimate of drug-likeness (QED) is 0.630. The summed E-state index contributed by atoms with van der Waals surface area (Å²) >= 11 is 0. The summed E-state index contributed by atoms with van der Waals surface area (Å²) in [6.07, 6.45) is -4.13. The average Bonchev–Trinajstić information content (AvgIpc) is 2.66. The molecule has 7 heteroatoms. The first-order valence-electron chi connectivity index (χ1n) is 9.46. The number of ether oxygens (including phenoxy) is 2. The first kappa shape index (κ1) is 19.4. The number of aromatic nitrogens is 1. The fourth-order valence-corrected chi connectivity index (χ4v) is 3.52. The van der Waals surface area contributed by atoms with E-state index < -0.39 is 11.7 Å². The predicted octanol–water partition coefficient (Wildman–Crippen LogP) is 5.46. The summed E-state index contributed by atoms with van der Waals surface area (Å²) < 4.78 is 52.7. The van der Waals surface area contributed by atoms with Crippen molar-refractivity contribution in [3.63, 3.8) is 0 Å². The van der Waals surface area contributed by atoms with E-state index in [4.69, 9.17) is 9.47 Å². The van der Waals surface area contributed by atoms with E-state index in [1.807, 2.05) is 30.3 Å². The fraction of sp³-hybridized carbons (Fsp3) is 0.318. The number of anilines is 1. The number of benzene rings is 2. The molecule has 0 aliphatic carbocycles. The summed E-state index contributed by atoms with van der Waals surface area (Å²) in [6.45, 7) is 3.75. The lowest BCUT2D eigenvalue weighted by Gasteiger charge is -2.29. The van der Waals surface area contributed by atoms with Crippen molar-refractivity contribution in [2.45, 2.75) is 38.6 Å². The van der Waals surface area contributed by atoms with Crippen molar-refractivity contribution >= 4 is 16.6 Å². The third-order valence-corrected chi connectivity index (χ3v) is 4.68. The molecule has 0 radical (unpaired) electrons. The molecule has 0 bridgehead atoms. The Labute approximate surface area is 166 Å². The number of pyridine rings is 1. The molecule has 0 amide bonds. The number of nitrogens with one attached hydrogen (secondary N) is 1. The Hall–Kier alpha value is -2.96. The van der Waals surface area contributed by atoms with Gasteiger partial charge in [-0.05, 0) is 38.0 Å². The number of hydrogen-bond acceptors (Lipinski definition) is 4. The van der Waals surface area contributed by atoms with E-state index in [0.717, 1.165) is 11.6 Å². The van der Waals surface area contributed by atoms with Crippen molar-refractivity contribution in [2.24, 2.45) is 0 Å². The van der Waals surface area contributed by atoms with E-state index in [0.29, 0.717) is 12.1 Å². The number of hydrogen-bond donors (Lipinski definition) is 1. The summed E-state index contributed by atoms with van der Waals surface area (Å²) in [5.41, 5.74) is 1.05. The van der Waals surface area contributed by atoms with Crippen molar-refractivity contribution in [3.8, 4) is 11.6 Å². The average molecular weight is 402 g/mol. The smallest absolute Gasteiger partial charge is 0.417 e. The minimum Gasteiger partial charge on any atom is -0.489 e.